The molecule has 0 atom stereocenters. The summed E-state index contributed by atoms with van der Waals surface area (Å²) in [5.74, 6) is 0.404. The smallest absolute Gasteiger partial charge is 0.510 e. The number of halogens is 2. The van der Waals surface area contributed by atoms with E-state index in [1.165, 1.54) is 0 Å². The van der Waals surface area contributed by atoms with Crippen LogP contribution in [-0.4, -0.2) is 7.32 Å². The summed E-state index contributed by atoms with van der Waals surface area (Å²) in [5, 5.41) is 0. The van der Waals surface area contributed by atoms with Gasteiger partial charge in [0.25, 0.3) is 0 Å². The Labute approximate surface area is 74.2 Å². The summed E-state index contributed by atoms with van der Waals surface area (Å²) in [6.45, 7) is 0. The van der Waals surface area contributed by atoms with Crippen LogP contribution >= 0.6 is 11.9 Å². The number of benzene rings is 1. The van der Waals surface area contributed by atoms with Gasteiger partial charge in [-0.3, -0.25) is 4.21 Å². The molecule has 0 aliphatic carbocycles. The van der Waals surface area contributed by atoms with Crippen molar-refractivity contribution < 1.29 is 18.2 Å². The lowest BCUT2D eigenvalue weighted by Crippen LogP contribution is -2.23. The van der Waals surface area contributed by atoms with Crippen molar-refractivity contribution in [2.45, 2.75) is 0 Å². The van der Waals surface area contributed by atoms with E-state index in [2.05, 4.69) is 9.07 Å². The van der Waals surface area contributed by atoms with Gasteiger partial charge in [-0.05, 0) is 12.1 Å². The highest BCUT2D eigenvalue weighted by Crippen LogP contribution is 2.10. The summed E-state index contributed by atoms with van der Waals surface area (Å²) in [6, 6.07) is 8.46. The fraction of sp³-hybridized carbons (Fsp3) is 0. The van der Waals surface area contributed by atoms with Crippen LogP contribution in [0.5, 0.6) is 5.75 Å². The first-order valence-corrected chi connectivity index (χ1v) is 3.44. The van der Waals surface area contributed by atoms with Crippen molar-refractivity contribution in [1.29, 1.82) is 0 Å². The van der Waals surface area contributed by atoms with E-state index in [0.29, 0.717) is 5.75 Å². The molecule has 0 aliphatic heterocycles. The molecule has 0 saturated heterocycles. The molecule has 0 unspecified atom stereocenters. The Morgan fingerprint density at radius 2 is 1.92 bits per heavy atom. The van der Waals surface area contributed by atoms with Crippen LogP contribution in [0.25, 0.3) is 0 Å². The van der Waals surface area contributed by atoms with Crippen molar-refractivity contribution in [3.8, 4) is 5.75 Å². The van der Waals surface area contributed by atoms with Gasteiger partial charge in [0.2, 0.25) is 0 Å². The second-order valence-corrected chi connectivity index (χ2v) is 2.08. The zero-order valence-electron chi connectivity index (χ0n) is 5.94. The van der Waals surface area contributed by atoms with E-state index in [1.807, 2.05) is 0 Å². The van der Waals surface area contributed by atoms with E-state index >= 15 is 0 Å². The van der Waals surface area contributed by atoms with Crippen LogP contribution < -0.4 is 4.65 Å². The van der Waals surface area contributed by atoms with Gasteiger partial charge in [-0.2, -0.15) is 4.86 Å². The summed E-state index contributed by atoms with van der Waals surface area (Å²) in [5.41, 5.74) is 0. The highest BCUT2D eigenvalue weighted by Gasteiger charge is 2.25. The summed E-state index contributed by atoms with van der Waals surface area (Å²) < 4.78 is 20.2. The Bertz CT molecular complexity index is 219. The molecule has 0 bridgehead atoms. The second-order valence-electron chi connectivity index (χ2n) is 1.90. The van der Waals surface area contributed by atoms with Crippen LogP contribution in [0.4, 0.5) is 4.53 Å². The molecule has 12 heavy (non-hydrogen) atoms. The molecular weight excluding hydrogens is 185 g/mol. The first-order chi connectivity index (χ1) is 5.86. The molecule has 0 N–H and O–H groups in total. The minimum Gasteiger partial charge on any atom is -0.510 e. The number of hydrogen-bond acceptors (Lipinski definition) is 3. The van der Waals surface area contributed by atoms with E-state index in [0.717, 1.165) is 0 Å². The topological polar surface area (TPSA) is 27.7 Å². The van der Waals surface area contributed by atoms with Gasteiger partial charge in [0.1, 0.15) is 5.75 Å². The van der Waals surface area contributed by atoms with Crippen LogP contribution in [-0.2, 0) is 9.07 Å². The maximum absolute atomic E-state index is 11.5. The van der Waals surface area contributed by atoms with E-state index < -0.39 is 7.32 Å². The molecular formula is C6H5BClFO3. The monoisotopic (exact) mass is 190 g/mol. The van der Waals surface area contributed by atoms with Crippen LogP contribution in [0.3, 0.4) is 0 Å². The number of rotatable bonds is 4. The average Bonchev–Trinajstić information content (AvgIpc) is 2.16. The molecule has 0 amide bonds. The largest absolute Gasteiger partial charge is 0.763 e. The van der Waals surface area contributed by atoms with Crippen LogP contribution in [0.1, 0.15) is 0 Å². The molecule has 0 heterocycles. The van der Waals surface area contributed by atoms with E-state index in [-0.39, 0.29) is 0 Å². The zero-order chi connectivity index (χ0) is 8.81. The Morgan fingerprint density at radius 1 is 1.25 bits per heavy atom. The molecule has 6 heteroatoms. The highest BCUT2D eigenvalue weighted by atomic mass is 35.5. The molecule has 1 aromatic carbocycles. The zero-order valence-corrected chi connectivity index (χ0v) is 6.70. The first-order valence-electron chi connectivity index (χ1n) is 3.13. The number of para-hydroxylation sites is 1. The molecule has 0 fully saturated rings. The van der Waals surface area contributed by atoms with E-state index in [1.54, 1.807) is 30.3 Å². The second kappa shape index (κ2) is 4.98. The van der Waals surface area contributed by atoms with E-state index in [4.69, 9.17) is 16.5 Å². The summed E-state index contributed by atoms with van der Waals surface area (Å²) in [7, 11) is -1.53. The predicted molar refractivity (Wildman–Crippen MR) is 42.0 cm³/mol. The van der Waals surface area contributed by atoms with Crippen LogP contribution in [0.2, 0.25) is 0 Å². The third-order valence-electron chi connectivity index (χ3n) is 1.12. The van der Waals surface area contributed by atoms with Crippen molar-refractivity contribution in [2.24, 2.45) is 0 Å². The van der Waals surface area contributed by atoms with Gasteiger partial charge in [-0.15, -0.1) is 0 Å². The van der Waals surface area contributed by atoms with Gasteiger partial charge in [-0.25, -0.2) is 0 Å². The first kappa shape index (κ1) is 9.31. The van der Waals surface area contributed by atoms with E-state index in [9.17, 15) is 4.53 Å². The Kier molecular flexibility index (Phi) is 3.86. The molecule has 0 aliphatic rings. The molecule has 3 nitrogen and oxygen atoms in total. The maximum atomic E-state index is 11.5. The minimum atomic E-state index is -1.53. The normalized spacial score (nSPS) is 9.50. The Morgan fingerprint density at radius 3 is 2.42 bits per heavy atom. The van der Waals surface area contributed by atoms with Crippen molar-refractivity contribution in [3.05, 3.63) is 30.3 Å². The quantitative estimate of drug-likeness (QED) is 0.681. The van der Waals surface area contributed by atoms with Gasteiger partial charge < -0.3 is 4.65 Å². The van der Waals surface area contributed by atoms with Crippen molar-refractivity contribution in [3.63, 3.8) is 0 Å². The fourth-order valence-corrected chi connectivity index (χ4v) is 0.724. The van der Waals surface area contributed by atoms with Crippen molar-refractivity contribution in [2.75, 3.05) is 0 Å². The van der Waals surface area contributed by atoms with Gasteiger partial charge in [0.05, 0.1) is 0 Å². The van der Waals surface area contributed by atoms with Crippen molar-refractivity contribution in [1.82, 2.24) is 0 Å². The SMILES string of the molecule is FOB(OCl)Oc1ccccc1. The molecule has 1 rings (SSSR count). The third-order valence-corrected chi connectivity index (χ3v) is 1.27. The lowest BCUT2D eigenvalue weighted by atomic mass is 10.2. The standard InChI is InChI=1S/C6H5BClFO3/c8-11-7(12-9)10-6-4-2-1-3-5-6/h1-5H. The minimum absolute atomic E-state index is 0.404. The maximum Gasteiger partial charge on any atom is 0.763 e. The molecule has 0 aromatic heterocycles. The Balaban J connectivity index is 2.51. The van der Waals surface area contributed by atoms with Crippen LogP contribution in [0.15, 0.2) is 30.3 Å². The lowest BCUT2D eigenvalue weighted by Gasteiger charge is -2.05. The average molecular weight is 190 g/mol. The molecule has 64 valence electrons. The Hall–Kier alpha value is -0.775. The summed E-state index contributed by atoms with van der Waals surface area (Å²) >= 11 is 4.83. The third kappa shape index (κ3) is 2.69. The molecule has 0 saturated carbocycles. The van der Waals surface area contributed by atoms with Gasteiger partial charge in [0.15, 0.2) is 0 Å². The predicted octanol–water partition coefficient (Wildman–Crippen LogP) is 2.12. The molecule has 0 radical (unpaired) electrons. The van der Waals surface area contributed by atoms with Gasteiger partial charge in [0, 0.05) is 11.9 Å². The lowest BCUT2D eigenvalue weighted by molar-refractivity contribution is -0.0487. The number of hydrogen-bond donors (Lipinski definition) is 0. The molecule has 0 spiro atoms. The van der Waals surface area contributed by atoms with Gasteiger partial charge >= 0.3 is 7.32 Å². The van der Waals surface area contributed by atoms with Gasteiger partial charge in [-0.1, -0.05) is 22.7 Å². The summed E-state index contributed by atoms with van der Waals surface area (Å²) in [6.07, 6.45) is 0. The molecule has 1 aromatic rings. The van der Waals surface area contributed by atoms with Crippen molar-refractivity contribution >= 4 is 19.2 Å². The summed E-state index contributed by atoms with van der Waals surface area (Å²) in [4.78, 5) is 3.23. The fourth-order valence-electron chi connectivity index (χ4n) is 0.660. The van der Waals surface area contributed by atoms with Crippen LogP contribution in [0, 0.1) is 0 Å². The highest BCUT2D eigenvalue weighted by molar-refractivity contribution is 6.43.